The zero-order valence-electron chi connectivity index (χ0n) is 14.8. The predicted octanol–water partition coefficient (Wildman–Crippen LogP) is 2.41. The molecule has 1 fully saturated rings. The molecule has 3 rings (SSSR count). The number of carbonyl (C=O) groups is 1. The van der Waals surface area contributed by atoms with Crippen LogP contribution in [0.4, 0.5) is 0 Å². The highest BCUT2D eigenvalue weighted by Crippen LogP contribution is 2.31. The molecule has 7 heteroatoms. The third-order valence-electron chi connectivity index (χ3n) is 4.41. The lowest BCUT2D eigenvalue weighted by atomic mass is 10.1. The van der Waals surface area contributed by atoms with E-state index in [4.69, 9.17) is 4.74 Å². The summed E-state index contributed by atoms with van der Waals surface area (Å²) in [6.07, 6.45) is 1.94. The van der Waals surface area contributed by atoms with Gasteiger partial charge in [-0.1, -0.05) is 30.3 Å². The lowest BCUT2D eigenvalue weighted by Crippen LogP contribution is -2.32. The van der Waals surface area contributed by atoms with E-state index >= 15 is 0 Å². The summed E-state index contributed by atoms with van der Waals surface area (Å²) in [5.41, 5.74) is 1.38. The first-order valence-corrected chi connectivity index (χ1v) is 9.91. The Kier molecular flexibility index (Phi) is 5.29. The van der Waals surface area contributed by atoms with Gasteiger partial charge in [-0.25, -0.2) is 13.1 Å². The highest BCUT2D eigenvalue weighted by atomic mass is 32.2. The van der Waals surface area contributed by atoms with Gasteiger partial charge in [0.05, 0.1) is 7.11 Å². The Morgan fingerprint density at radius 3 is 2.46 bits per heavy atom. The molecule has 0 unspecified atom stereocenters. The first-order valence-electron chi connectivity index (χ1n) is 8.42. The van der Waals surface area contributed by atoms with Gasteiger partial charge in [0.25, 0.3) is 5.91 Å². The van der Waals surface area contributed by atoms with Crippen LogP contribution < -0.4 is 9.46 Å². The van der Waals surface area contributed by atoms with Gasteiger partial charge < -0.3 is 9.64 Å². The van der Waals surface area contributed by atoms with Crippen LogP contribution >= 0.6 is 0 Å². The van der Waals surface area contributed by atoms with Crippen molar-refractivity contribution in [2.24, 2.45) is 0 Å². The molecule has 0 bridgehead atoms. The van der Waals surface area contributed by atoms with E-state index in [1.54, 1.807) is 6.07 Å². The van der Waals surface area contributed by atoms with E-state index in [0.717, 1.165) is 18.4 Å². The minimum atomic E-state index is -3.73. The quantitative estimate of drug-likeness (QED) is 0.807. The summed E-state index contributed by atoms with van der Waals surface area (Å²) in [5, 5.41) is 0. The van der Waals surface area contributed by atoms with E-state index in [1.165, 1.54) is 26.3 Å². The molecule has 138 valence electrons. The molecule has 1 aliphatic rings. The maximum Gasteiger partial charge on any atom is 0.254 e. The van der Waals surface area contributed by atoms with Crippen LogP contribution in [-0.2, 0) is 16.6 Å². The van der Waals surface area contributed by atoms with E-state index in [1.807, 2.05) is 35.2 Å². The van der Waals surface area contributed by atoms with E-state index in [2.05, 4.69) is 4.72 Å². The molecule has 0 aliphatic heterocycles. The molecule has 0 radical (unpaired) electrons. The van der Waals surface area contributed by atoms with Crippen molar-refractivity contribution in [2.75, 3.05) is 14.2 Å². The minimum Gasteiger partial charge on any atom is -0.495 e. The number of amides is 1. The molecule has 0 heterocycles. The Hall–Kier alpha value is -2.38. The lowest BCUT2D eigenvalue weighted by molar-refractivity contribution is 0.0729. The smallest absolute Gasteiger partial charge is 0.254 e. The fourth-order valence-electron chi connectivity index (χ4n) is 2.83. The molecule has 1 amide bonds. The van der Waals surface area contributed by atoms with Crippen LogP contribution in [0.5, 0.6) is 5.75 Å². The molecule has 0 saturated heterocycles. The van der Waals surface area contributed by atoms with Gasteiger partial charge in [0.2, 0.25) is 10.0 Å². The SMILES string of the molecule is CNS(=O)(=O)c1cc(C(=O)N(Cc2ccccc2)C2CC2)ccc1OC. The molecule has 1 N–H and O–H groups in total. The minimum absolute atomic E-state index is 0.0381. The summed E-state index contributed by atoms with van der Waals surface area (Å²) >= 11 is 0. The zero-order valence-corrected chi connectivity index (χ0v) is 15.6. The Morgan fingerprint density at radius 1 is 1.19 bits per heavy atom. The van der Waals surface area contributed by atoms with Crippen molar-refractivity contribution in [3.05, 3.63) is 59.7 Å². The number of ether oxygens (including phenoxy) is 1. The second kappa shape index (κ2) is 7.47. The number of methoxy groups -OCH3 is 1. The summed E-state index contributed by atoms with van der Waals surface area (Å²) in [6.45, 7) is 0.504. The van der Waals surface area contributed by atoms with Gasteiger partial charge in [0, 0.05) is 18.2 Å². The standard InChI is InChI=1S/C19H22N2O4S/c1-20-26(23,24)18-12-15(8-11-17(18)25-2)19(22)21(16-9-10-16)13-14-6-4-3-5-7-14/h3-8,11-12,16,20H,9-10,13H2,1-2H3. The number of nitrogens with zero attached hydrogens (tertiary/aromatic N) is 1. The monoisotopic (exact) mass is 374 g/mol. The highest BCUT2D eigenvalue weighted by molar-refractivity contribution is 7.89. The topological polar surface area (TPSA) is 75.7 Å². The molecule has 6 nitrogen and oxygen atoms in total. The molecule has 1 saturated carbocycles. The number of hydrogen-bond acceptors (Lipinski definition) is 4. The molecule has 26 heavy (non-hydrogen) atoms. The number of hydrogen-bond donors (Lipinski definition) is 1. The van der Waals surface area contributed by atoms with Gasteiger partial charge in [0.15, 0.2) is 0 Å². The summed E-state index contributed by atoms with van der Waals surface area (Å²) in [4.78, 5) is 14.8. The Bertz CT molecular complexity index is 893. The zero-order chi connectivity index (χ0) is 18.7. The summed E-state index contributed by atoms with van der Waals surface area (Å²) in [6, 6.07) is 14.5. The second-order valence-electron chi connectivity index (χ2n) is 6.22. The van der Waals surface area contributed by atoms with Gasteiger partial charge in [-0.15, -0.1) is 0 Å². The van der Waals surface area contributed by atoms with Gasteiger partial charge in [-0.2, -0.15) is 0 Å². The maximum atomic E-state index is 13.1. The van der Waals surface area contributed by atoms with Crippen LogP contribution in [0.15, 0.2) is 53.4 Å². The molecule has 2 aromatic rings. The average Bonchev–Trinajstić information content (AvgIpc) is 3.51. The molecular weight excluding hydrogens is 352 g/mol. The fourth-order valence-corrected chi connectivity index (χ4v) is 3.75. The third-order valence-corrected chi connectivity index (χ3v) is 5.85. The second-order valence-corrected chi connectivity index (χ2v) is 8.08. The van der Waals surface area contributed by atoms with Crippen molar-refractivity contribution in [3.63, 3.8) is 0 Å². The van der Waals surface area contributed by atoms with Crippen LogP contribution in [0.25, 0.3) is 0 Å². The van der Waals surface area contributed by atoms with Crippen molar-refractivity contribution in [1.82, 2.24) is 9.62 Å². The number of nitrogens with one attached hydrogen (secondary N) is 1. The van der Waals surface area contributed by atoms with Crippen LogP contribution in [0.1, 0.15) is 28.8 Å². The fraction of sp³-hybridized carbons (Fsp3) is 0.316. The van der Waals surface area contributed by atoms with Crippen LogP contribution in [0.3, 0.4) is 0 Å². The Morgan fingerprint density at radius 2 is 1.88 bits per heavy atom. The first kappa shape index (κ1) is 18.4. The normalized spacial score (nSPS) is 14.1. The molecule has 2 aromatic carbocycles. The molecule has 1 aliphatic carbocycles. The maximum absolute atomic E-state index is 13.1. The molecule has 0 aromatic heterocycles. The van der Waals surface area contributed by atoms with E-state index in [0.29, 0.717) is 12.1 Å². The van der Waals surface area contributed by atoms with Crippen molar-refractivity contribution in [1.29, 1.82) is 0 Å². The van der Waals surface area contributed by atoms with Gasteiger partial charge in [-0.05, 0) is 43.7 Å². The predicted molar refractivity (Wildman–Crippen MR) is 98.6 cm³/mol. The Balaban J connectivity index is 1.93. The van der Waals surface area contributed by atoms with Crippen LogP contribution in [0.2, 0.25) is 0 Å². The number of rotatable bonds is 7. The highest BCUT2D eigenvalue weighted by Gasteiger charge is 2.33. The van der Waals surface area contributed by atoms with E-state index < -0.39 is 10.0 Å². The Labute approximate surface area is 153 Å². The first-order chi connectivity index (χ1) is 12.5. The number of benzene rings is 2. The summed E-state index contributed by atoms with van der Waals surface area (Å²) in [5.74, 6) is 0.0310. The van der Waals surface area contributed by atoms with Gasteiger partial charge >= 0.3 is 0 Å². The third kappa shape index (κ3) is 3.89. The van der Waals surface area contributed by atoms with Crippen LogP contribution in [-0.4, -0.2) is 39.4 Å². The number of carbonyl (C=O) groups excluding carboxylic acids is 1. The van der Waals surface area contributed by atoms with Crippen molar-refractivity contribution < 1.29 is 17.9 Å². The average molecular weight is 374 g/mol. The van der Waals surface area contributed by atoms with Gasteiger partial charge in [0.1, 0.15) is 10.6 Å². The summed E-state index contributed by atoms with van der Waals surface area (Å²) in [7, 11) is -1.00. The van der Waals surface area contributed by atoms with E-state index in [9.17, 15) is 13.2 Å². The largest absolute Gasteiger partial charge is 0.495 e. The van der Waals surface area contributed by atoms with Crippen molar-refractivity contribution in [3.8, 4) is 5.75 Å². The van der Waals surface area contributed by atoms with E-state index in [-0.39, 0.29) is 22.6 Å². The molecular formula is C19H22N2O4S. The van der Waals surface area contributed by atoms with Crippen molar-refractivity contribution >= 4 is 15.9 Å². The molecule has 0 spiro atoms. The summed E-state index contributed by atoms with van der Waals surface area (Å²) < 4.78 is 31.9. The van der Waals surface area contributed by atoms with Gasteiger partial charge in [-0.3, -0.25) is 4.79 Å². The van der Waals surface area contributed by atoms with Crippen molar-refractivity contribution in [2.45, 2.75) is 30.3 Å². The lowest BCUT2D eigenvalue weighted by Gasteiger charge is -2.23. The van der Waals surface area contributed by atoms with Crippen LogP contribution in [0, 0.1) is 0 Å². The molecule has 0 atom stereocenters. The number of sulfonamides is 1.